The van der Waals surface area contributed by atoms with Crippen molar-refractivity contribution < 1.29 is 22.7 Å². The number of likely N-dealkylation sites (tertiary alicyclic amines) is 1. The molecule has 2 N–H and O–H groups in total. The third-order valence-electron chi connectivity index (χ3n) is 7.28. The first-order valence-electron chi connectivity index (χ1n) is 14.0. The number of rotatable bonds is 11. The predicted octanol–water partition coefficient (Wildman–Crippen LogP) is 4.81. The molecule has 4 rings (SSSR count). The summed E-state index contributed by atoms with van der Waals surface area (Å²) in [6.07, 6.45) is 6.98. The number of anilines is 1. The Bertz CT molecular complexity index is 1140. The second-order valence-corrected chi connectivity index (χ2v) is 12.3. The summed E-state index contributed by atoms with van der Waals surface area (Å²) >= 11 is 0. The third-order valence-corrected chi connectivity index (χ3v) is 7.89. The van der Waals surface area contributed by atoms with Crippen molar-refractivity contribution in [3.05, 3.63) is 54.1 Å². The summed E-state index contributed by atoms with van der Waals surface area (Å²) < 4.78 is 36.6. The number of benzene rings is 2. The number of unbranched alkanes of at least 4 members (excludes halogenated alkanes) is 1. The van der Waals surface area contributed by atoms with Crippen molar-refractivity contribution in [2.75, 3.05) is 43.8 Å². The Hall–Kier alpha value is -2.82. The summed E-state index contributed by atoms with van der Waals surface area (Å²) in [5, 5.41) is 3.32. The van der Waals surface area contributed by atoms with Gasteiger partial charge in [0.25, 0.3) is 0 Å². The first kappa shape index (κ1) is 29.2. The second-order valence-electron chi connectivity index (χ2n) is 10.5. The normalized spacial score (nSPS) is 17.5. The number of nitrogens with zero attached hydrogens (tertiary/aromatic N) is 2. The van der Waals surface area contributed by atoms with Crippen LogP contribution in [0.2, 0.25) is 0 Å². The molecule has 2 amide bonds. The Morgan fingerprint density at radius 1 is 1.00 bits per heavy atom. The topological polar surface area (TPSA) is 100 Å². The van der Waals surface area contributed by atoms with Crippen molar-refractivity contribution in [1.82, 2.24) is 15.1 Å². The summed E-state index contributed by atoms with van der Waals surface area (Å²) in [5.41, 5.74) is 1.71. The first-order valence-corrected chi connectivity index (χ1v) is 15.9. The minimum atomic E-state index is -3.30. The van der Waals surface area contributed by atoms with Crippen LogP contribution in [0.15, 0.2) is 48.5 Å². The van der Waals surface area contributed by atoms with E-state index in [9.17, 15) is 13.2 Å². The van der Waals surface area contributed by atoms with E-state index in [1.54, 1.807) is 24.3 Å². The minimum absolute atomic E-state index is 0.0886. The van der Waals surface area contributed by atoms with Crippen LogP contribution in [-0.4, -0.2) is 75.4 Å². The zero-order valence-corrected chi connectivity index (χ0v) is 23.9. The molecule has 2 saturated heterocycles. The number of nitrogens with one attached hydrogen (secondary N) is 2. The molecule has 2 fully saturated rings. The van der Waals surface area contributed by atoms with Crippen molar-refractivity contribution in [3.63, 3.8) is 0 Å². The first-order chi connectivity index (χ1) is 18.8. The van der Waals surface area contributed by atoms with Crippen LogP contribution in [0.1, 0.15) is 51.0 Å². The van der Waals surface area contributed by atoms with E-state index in [1.165, 1.54) is 5.56 Å². The van der Waals surface area contributed by atoms with E-state index in [0.29, 0.717) is 11.4 Å². The number of hydrogen-bond acceptors (Lipinski definition) is 6. The smallest absolute Gasteiger partial charge is 0.317 e. The number of ether oxygens (including phenoxy) is 2. The SMILES string of the molecule is CCCCN(C(=O)NC1CCN(Cc2ccc(Oc3ccc(NS(C)(=O)=O)cc3)cc2)CC1)C1CCOCC1. The molecule has 9 nitrogen and oxygen atoms in total. The molecule has 0 bridgehead atoms. The summed E-state index contributed by atoms with van der Waals surface area (Å²) in [6.45, 7) is 7.22. The van der Waals surface area contributed by atoms with Crippen molar-refractivity contribution in [2.45, 2.75) is 64.1 Å². The van der Waals surface area contributed by atoms with Gasteiger partial charge >= 0.3 is 6.03 Å². The lowest BCUT2D eigenvalue weighted by Gasteiger charge is -2.37. The molecule has 2 heterocycles. The minimum Gasteiger partial charge on any atom is -0.457 e. The van der Waals surface area contributed by atoms with E-state index in [2.05, 4.69) is 38.9 Å². The van der Waals surface area contributed by atoms with Crippen LogP contribution in [0.5, 0.6) is 11.5 Å². The number of carbonyl (C=O) groups is 1. The van der Waals surface area contributed by atoms with Crippen LogP contribution in [0.25, 0.3) is 0 Å². The molecule has 0 saturated carbocycles. The Morgan fingerprint density at radius 2 is 1.62 bits per heavy atom. The number of hydrogen-bond donors (Lipinski definition) is 2. The third kappa shape index (κ3) is 9.40. The Balaban J connectivity index is 1.21. The van der Waals surface area contributed by atoms with Crippen LogP contribution in [0, 0.1) is 0 Å². The highest BCUT2D eigenvalue weighted by molar-refractivity contribution is 7.92. The van der Waals surface area contributed by atoms with Gasteiger partial charge in [-0.3, -0.25) is 9.62 Å². The lowest BCUT2D eigenvalue weighted by molar-refractivity contribution is 0.0444. The van der Waals surface area contributed by atoms with Gasteiger partial charge in [-0.15, -0.1) is 0 Å². The zero-order chi connectivity index (χ0) is 27.7. The molecule has 39 heavy (non-hydrogen) atoms. The van der Waals surface area contributed by atoms with Crippen molar-refractivity contribution in [3.8, 4) is 11.5 Å². The summed E-state index contributed by atoms with van der Waals surface area (Å²) in [6, 6.07) is 15.4. The van der Waals surface area contributed by atoms with E-state index in [4.69, 9.17) is 9.47 Å². The predicted molar refractivity (Wildman–Crippen MR) is 154 cm³/mol. The molecule has 0 atom stereocenters. The maximum atomic E-state index is 13.1. The van der Waals surface area contributed by atoms with Gasteiger partial charge in [0.1, 0.15) is 11.5 Å². The van der Waals surface area contributed by atoms with E-state index in [0.717, 1.165) is 89.9 Å². The van der Waals surface area contributed by atoms with Crippen LogP contribution in [0.3, 0.4) is 0 Å². The van der Waals surface area contributed by atoms with E-state index in [-0.39, 0.29) is 18.1 Å². The Morgan fingerprint density at radius 3 is 2.21 bits per heavy atom. The number of carbonyl (C=O) groups excluding carboxylic acids is 1. The standard InChI is InChI=1S/C29H42N4O5S/c1-3-4-17-33(26-15-20-37-21-16-26)29(34)30-24-13-18-32(19-14-24)22-23-5-9-27(10-6-23)38-28-11-7-25(8-12-28)31-39(2,35)36/h5-12,24,26,31H,3-4,13-22H2,1-2H3,(H,30,34). The Kier molecular flexibility index (Phi) is 10.5. The molecule has 0 spiro atoms. The molecular formula is C29H42N4O5S. The fourth-order valence-corrected chi connectivity index (χ4v) is 5.69. The zero-order valence-electron chi connectivity index (χ0n) is 23.1. The average molecular weight is 559 g/mol. The highest BCUT2D eigenvalue weighted by Gasteiger charge is 2.28. The van der Waals surface area contributed by atoms with Crippen LogP contribution >= 0.6 is 0 Å². The molecule has 0 unspecified atom stereocenters. The molecule has 10 heteroatoms. The van der Waals surface area contributed by atoms with Gasteiger partial charge in [0.2, 0.25) is 10.0 Å². The molecule has 2 aromatic carbocycles. The second kappa shape index (κ2) is 14.0. The number of sulfonamides is 1. The van der Waals surface area contributed by atoms with E-state index >= 15 is 0 Å². The molecule has 2 aromatic rings. The molecular weight excluding hydrogens is 516 g/mol. The van der Waals surface area contributed by atoms with Gasteiger partial charge in [-0.05, 0) is 74.1 Å². The van der Waals surface area contributed by atoms with Gasteiger partial charge in [-0.1, -0.05) is 25.5 Å². The van der Waals surface area contributed by atoms with Crippen LogP contribution < -0.4 is 14.8 Å². The average Bonchev–Trinajstić information content (AvgIpc) is 2.92. The fraction of sp³-hybridized carbons (Fsp3) is 0.552. The number of piperidine rings is 1. The van der Waals surface area contributed by atoms with Gasteiger partial charge in [0, 0.05) is 57.2 Å². The van der Waals surface area contributed by atoms with Gasteiger partial charge < -0.3 is 19.7 Å². The van der Waals surface area contributed by atoms with Crippen LogP contribution in [0.4, 0.5) is 10.5 Å². The van der Waals surface area contributed by atoms with E-state index < -0.39 is 10.0 Å². The highest BCUT2D eigenvalue weighted by Crippen LogP contribution is 2.25. The molecule has 0 aromatic heterocycles. The van der Waals surface area contributed by atoms with Crippen molar-refractivity contribution >= 4 is 21.7 Å². The van der Waals surface area contributed by atoms with E-state index in [1.807, 2.05) is 12.1 Å². The lowest BCUT2D eigenvalue weighted by Crippen LogP contribution is -2.53. The molecule has 0 aliphatic carbocycles. The summed E-state index contributed by atoms with van der Waals surface area (Å²) in [4.78, 5) is 17.6. The molecule has 2 aliphatic rings. The quantitative estimate of drug-likeness (QED) is 0.411. The lowest BCUT2D eigenvalue weighted by atomic mass is 10.0. The van der Waals surface area contributed by atoms with Gasteiger partial charge in [-0.25, -0.2) is 13.2 Å². The maximum Gasteiger partial charge on any atom is 0.317 e. The highest BCUT2D eigenvalue weighted by atomic mass is 32.2. The van der Waals surface area contributed by atoms with Crippen molar-refractivity contribution in [2.24, 2.45) is 0 Å². The summed E-state index contributed by atoms with van der Waals surface area (Å²) in [7, 11) is -3.30. The number of amides is 2. The fourth-order valence-electron chi connectivity index (χ4n) is 5.13. The van der Waals surface area contributed by atoms with Crippen LogP contribution in [-0.2, 0) is 21.3 Å². The molecule has 214 valence electrons. The summed E-state index contributed by atoms with van der Waals surface area (Å²) in [5.74, 6) is 1.36. The molecule has 0 radical (unpaired) electrons. The monoisotopic (exact) mass is 558 g/mol. The maximum absolute atomic E-state index is 13.1. The number of urea groups is 1. The van der Waals surface area contributed by atoms with Crippen molar-refractivity contribution in [1.29, 1.82) is 0 Å². The molecule has 2 aliphatic heterocycles. The van der Waals surface area contributed by atoms with Gasteiger partial charge in [-0.2, -0.15) is 0 Å². The Labute approximate surface area is 232 Å². The van der Waals surface area contributed by atoms with Gasteiger partial charge in [0.05, 0.1) is 6.26 Å². The largest absolute Gasteiger partial charge is 0.457 e. The van der Waals surface area contributed by atoms with Gasteiger partial charge in [0.15, 0.2) is 0 Å².